The highest BCUT2D eigenvalue weighted by molar-refractivity contribution is 7.16. The molecular formula is C13H14N2O5S. The minimum atomic E-state index is -0.816. The summed E-state index contributed by atoms with van der Waals surface area (Å²) in [5, 5.41) is 19.5. The summed E-state index contributed by atoms with van der Waals surface area (Å²) < 4.78 is 0. The minimum Gasteiger partial charge on any atom is -0.481 e. The number of carboxylic acid groups (broad SMARTS) is 1. The van der Waals surface area contributed by atoms with Gasteiger partial charge in [-0.15, -0.1) is 0 Å². The molecule has 0 bridgehead atoms. The molecule has 1 aromatic rings. The molecule has 7 nitrogen and oxygen atoms in total. The third-order valence-electron chi connectivity index (χ3n) is 3.34. The molecule has 0 atom stereocenters. The molecule has 1 aliphatic rings. The van der Waals surface area contributed by atoms with E-state index in [1.165, 1.54) is 12.1 Å². The predicted molar refractivity (Wildman–Crippen MR) is 76.9 cm³/mol. The van der Waals surface area contributed by atoms with Gasteiger partial charge in [0, 0.05) is 30.1 Å². The highest BCUT2D eigenvalue weighted by Crippen LogP contribution is 2.25. The Kier molecular flexibility index (Phi) is 4.69. The van der Waals surface area contributed by atoms with Crippen molar-refractivity contribution in [2.75, 3.05) is 13.1 Å². The number of carbonyl (C=O) groups excluding carboxylic acids is 1. The zero-order chi connectivity index (χ0) is 15.4. The number of nitro groups is 1. The number of carbonyl (C=O) groups is 2. The number of likely N-dealkylation sites (tertiary alicyclic amines) is 1. The molecule has 112 valence electrons. The number of carboxylic acids is 1. The van der Waals surface area contributed by atoms with Gasteiger partial charge >= 0.3 is 11.0 Å². The monoisotopic (exact) mass is 310 g/mol. The Morgan fingerprint density at radius 1 is 1.38 bits per heavy atom. The number of aliphatic carboxylic acids is 1. The number of piperidine rings is 1. The number of thiophene rings is 1. The molecule has 1 amide bonds. The molecule has 0 saturated carbocycles. The first kappa shape index (κ1) is 15.2. The van der Waals surface area contributed by atoms with Crippen molar-refractivity contribution in [2.24, 2.45) is 5.92 Å². The lowest BCUT2D eigenvalue weighted by atomic mass is 9.97. The maximum Gasteiger partial charge on any atom is 0.324 e. The first-order chi connectivity index (χ1) is 9.97. The van der Waals surface area contributed by atoms with E-state index in [2.05, 4.69) is 0 Å². The minimum absolute atomic E-state index is 0.0318. The SMILES string of the molecule is O=C(O)C1CCN(C(=O)/C=C/c2ccc([N+](=O)[O-])s2)CC1. The van der Waals surface area contributed by atoms with Crippen LogP contribution in [0.1, 0.15) is 17.7 Å². The predicted octanol–water partition coefficient (Wildman–Crippen LogP) is 1.99. The second-order valence-electron chi connectivity index (χ2n) is 4.70. The van der Waals surface area contributed by atoms with Crippen LogP contribution < -0.4 is 0 Å². The van der Waals surface area contributed by atoms with Crippen LogP contribution >= 0.6 is 11.3 Å². The molecule has 0 aromatic carbocycles. The van der Waals surface area contributed by atoms with Crippen LogP contribution in [0.15, 0.2) is 18.2 Å². The van der Waals surface area contributed by atoms with Gasteiger partial charge in [-0.05, 0) is 25.0 Å². The summed E-state index contributed by atoms with van der Waals surface area (Å²) in [5.74, 6) is -1.39. The van der Waals surface area contributed by atoms with Crippen LogP contribution in [0.4, 0.5) is 5.00 Å². The van der Waals surface area contributed by atoms with Gasteiger partial charge in [0.2, 0.25) is 5.91 Å². The number of nitrogens with zero attached hydrogens (tertiary/aromatic N) is 2. The number of hydrogen-bond acceptors (Lipinski definition) is 5. The van der Waals surface area contributed by atoms with E-state index >= 15 is 0 Å². The average Bonchev–Trinajstić information content (AvgIpc) is 2.94. The second kappa shape index (κ2) is 6.49. The Morgan fingerprint density at radius 3 is 2.57 bits per heavy atom. The Morgan fingerprint density at radius 2 is 2.05 bits per heavy atom. The van der Waals surface area contributed by atoms with Crippen molar-refractivity contribution >= 4 is 34.3 Å². The summed E-state index contributed by atoms with van der Waals surface area (Å²) in [6, 6.07) is 2.98. The average molecular weight is 310 g/mol. The third kappa shape index (κ3) is 3.88. The maximum absolute atomic E-state index is 12.0. The van der Waals surface area contributed by atoms with Crippen LogP contribution in [-0.4, -0.2) is 39.9 Å². The fourth-order valence-electron chi connectivity index (χ4n) is 2.14. The highest BCUT2D eigenvalue weighted by atomic mass is 32.1. The van der Waals surface area contributed by atoms with E-state index in [0.717, 1.165) is 11.3 Å². The molecule has 1 saturated heterocycles. The molecular weight excluding hydrogens is 296 g/mol. The Bertz CT molecular complexity index is 587. The zero-order valence-electron chi connectivity index (χ0n) is 11.1. The van der Waals surface area contributed by atoms with Gasteiger partial charge in [0.15, 0.2) is 0 Å². The van der Waals surface area contributed by atoms with Gasteiger partial charge in [-0.3, -0.25) is 19.7 Å². The molecule has 2 heterocycles. The second-order valence-corrected chi connectivity index (χ2v) is 5.80. The zero-order valence-corrected chi connectivity index (χ0v) is 11.9. The number of rotatable bonds is 4. The molecule has 0 radical (unpaired) electrons. The van der Waals surface area contributed by atoms with Crippen LogP contribution in [0.25, 0.3) is 6.08 Å². The number of amides is 1. The summed E-state index contributed by atoms with van der Waals surface area (Å²) in [4.78, 5) is 35.1. The van der Waals surface area contributed by atoms with Crippen LogP contribution in [0.5, 0.6) is 0 Å². The van der Waals surface area contributed by atoms with E-state index in [1.807, 2.05) is 0 Å². The van der Waals surface area contributed by atoms with Gasteiger partial charge in [-0.25, -0.2) is 0 Å². The third-order valence-corrected chi connectivity index (χ3v) is 4.34. The molecule has 1 aromatic heterocycles. The van der Waals surface area contributed by atoms with Crippen molar-refractivity contribution in [1.29, 1.82) is 0 Å². The fraction of sp³-hybridized carbons (Fsp3) is 0.385. The van der Waals surface area contributed by atoms with Gasteiger partial charge in [0.05, 0.1) is 10.8 Å². The summed E-state index contributed by atoms with van der Waals surface area (Å²) >= 11 is 1.000. The molecule has 21 heavy (non-hydrogen) atoms. The van der Waals surface area contributed by atoms with E-state index in [9.17, 15) is 19.7 Å². The van der Waals surface area contributed by atoms with Crippen LogP contribution in [-0.2, 0) is 9.59 Å². The smallest absolute Gasteiger partial charge is 0.324 e. The normalized spacial score (nSPS) is 16.3. The molecule has 2 rings (SSSR count). The fourth-order valence-corrected chi connectivity index (χ4v) is 2.86. The van der Waals surface area contributed by atoms with Crippen molar-refractivity contribution in [3.63, 3.8) is 0 Å². The van der Waals surface area contributed by atoms with E-state index < -0.39 is 10.9 Å². The van der Waals surface area contributed by atoms with E-state index in [0.29, 0.717) is 30.8 Å². The lowest BCUT2D eigenvalue weighted by Crippen LogP contribution is -2.39. The summed E-state index contributed by atoms with van der Waals surface area (Å²) in [5.41, 5.74) is 0. The molecule has 1 N–H and O–H groups in total. The molecule has 1 fully saturated rings. The quantitative estimate of drug-likeness (QED) is 0.520. The molecule has 0 spiro atoms. The number of hydrogen-bond donors (Lipinski definition) is 1. The first-order valence-corrected chi connectivity index (χ1v) is 7.23. The van der Waals surface area contributed by atoms with Crippen molar-refractivity contribution in [2.45, 2.75) is 12.8 Å². The maximum atomic E-state index is 12.0. The summed E-state index contributed by atoms with van der Waals surface area (Å²) in [6.07, 6.45) is 3.83. The Labute approximate surface area is 124 Å². The molecule has 0 unspecified atom stereocenters. The standard InChI is InChI=1S/C13H14N2O5S/c16-11(14-7-5-9(6-8-14)13(17)18)3-1-10-2-4-12(21-10)15(19)20/h1-4,9H,5-8H2,(H,17,18)/b3-1+. The first-order valence-electron chi connectivity index (χ1n) is 6.41. The summed E-state index contributed by atoms with van der Waals surface area (Å²) in [7, 11) is 0. The van der Waals surface area contributed by atoms with E-state index in [-0.39, 0.29) is 16.8 Å². The van der Waals surface area contributed by atoms with Crippen molar-refractivity contribution in [3.05, 3.63) is 33.2 Å². The summed E-state index contributed by atoms with van der Waals surface area (Å²) in [6.45, 7) is 0.843. The van der Waals surface area contributed by atoms with Gasteiger partial charge in [-0.2, -0.15) is 0 Å². The Balaban J connectivity index is 1.91. The molecule has 0 aliphatic carbocycles. The van der Waals surface area contributed by atoms with Crippen molar-refractivity contribution in [3.8, 4) is 0 Å². The van der Waals surface area contributed by atoms with Crippen molar-refractivity contribution in [1.82, 2.24) is 4.90 Å². The van der Waals surface area contributed by atoms with E-state index in [1.54, 1.807) is 17.0 Å². The topological polar surface area (TPSA) is 101 Å². The highest BCUT2D eigenvalue weighted by Gasteiger charge is 2.25. The largest absolute Gasteiger partial charge is 0.481 e. The molecule has 1 aliphatic heterocycles. The van der Waals surface area contributed by atoms with E-state index in [4.69, 9.17) is 5.11 Å². The van der Waals surface area contributed by atoms with Gasteiger partial charge in [0.25, 0.3) is 0 Å². The van der Waals surface area contributed by atoms with Crippen LogP contribution in [0.2, 0.25) is 0 Å². The van der Waals surface area contributed by atoms with Gasteiger partial charge in [0.1, 0.15) is 0 Å². The van der Waals surface area contributed by atoms with Crippen LogP contribution in [0, 0.1) is 16.0 Å². The van der Waals surface area contributed by atoms with Crippen LogP contribution in [0.3, 0.4) is 0 Å². The van der Waals surface area contributed by atoms with Gasteiger partial charge < -0.3 is 10.0 Å². The van der Waals surface area contributed by atoms with Gasteiger partial charge in [-0.1, -0.05) is 11.3 Å². The lowest BCUT2D eigenvalue weighted by molar-refractivity contribution is -0.380. The van der Waals surface area contributed by atoms with Crippen molar-refractivity contribution < 1.29 is 19.6 Å². The lowest BCUT2D eigenvalue weighted by Gasteiger charge is -2.29. The molecule has 8 heteroatoms. The Hall–Kier alpha value is -2.22.